The quantitative estimate of drug-likeness (QED) is 0.568. The average molecular weight is 429 g/mol. The molecule has 2 N–H and O–H groups in total. The van der Waals surface area contributed by atoms with Crippen LogP contribution in [-0.2, 0) is 4.79 Å². The van der Waals surface area contributed by atoms with Gasteiger partial charge < -0.3 is 15.2 Å². The second-order valence-corrected chi connectivity index (χ2v) is 8.03. The van der Waals surface area contributed by atoms with Crippen molar-refractivity contribution < 1.29 is 14.6 Å². The van der Waals surface area contributed by atoms with E-state index in [0.29, 0.717) is 18.0 Å². The molecule has 1 aliphatic heterocycles. The van der Waals surface area contributed by atoms with Crippen molar-refractivity contribution in [2.24, 2.45) is 0 Å². The Morgan fingerprint density at radius 1 is 1.06 bits per heavy atom. The molecule has 32 heavy (non-hydrogen) atoms. The second-order valence-electron chi connectivity index (χ2n) is 8.03. The molecule has 0 fully saturated rings. The lowest BCUT2D eigenvalue weighted by molar-refractivity contribution is -0.121. The van der Waals surface area contributed by atoms with Gasteiger partial charge in [-0.05, 0) is 59.9 Å². The van der Waals surface area contributed by atoms with Crippen LogP contribution in [0.2, 0.25) is 0 Å². The third kappa shape index (κ3) is 4.84. The van der Waals surface area contributed by atoms with E-state index in [4.69, 9.17) is 4.74 Å². The molecule has 1 heterocycles. The summed E-state index contributed by atoms with van der Waals surface area (Å²) in [5, 5.41) is 12.6. The molecule has 0 aromatic heterocycles. The average Bonchev–Trinajstić information content (AvgIpc) is 2.81. The molecule has 3 aromatic rings. The number of phenols is 1. The number of carbonyl (C=O) groups excluding carboxylic acids is 1. The fourth-order valence-electron chi connectivity index (χ4n) is 4.14. The molecule has 0 saturated heterocycles. The molecule has 1 unspecified atom stereocenters. The van der Waals surface area contributed by atoms with E-state index in [-0.39, 0.29) is 11.7 Å². The smallest absolute Gasteiger partial charge is 0.246 e. The monoisotopic (exact) mass is 428 g/mol. The molecule has 0 saturated carbocycles. The first-order chi connectivity index (χ1) is 15.5. The number of aromatic hydroxyl groups is 1. The topological polar surface area (TPSA) is 61.8 Å². The van der Waals surface area contributed by atoms with E-state index in [1.165, 1.54) is 5.57 Å². The first-order valence-corrected chi connectivity index (χ1v) is 10.8. The molecule has 3 aromatic carbocycles. The van der Waals surface area contributed by atoms with Crippen molar-refractivity contribution >= 4 is 17.2 Å². The molecule has 0 bridgehead atoms. The summed E-state index contributed by atoms with van der Waals surface area (Å²) in [6.07, 6.45) is 3.00. The van der Waals surface area contributed by atoms with Gasteiger partial charge in [0.15, 0.2) is 0 Å². The van der Waals surface area contributed by atoms with Gasteiger partial charge in [-0.1, -0.05) is 54.6 Å². The molecule has 1 amide bonds. The van der Waals surface area contributed by atoms with Gasteiger partial charge in [-0.15, -0.1) is 0 Å². The zero-order valence-corrected chi connectivity index (χ0v) is 18.4. The van der Waals surface area contributed by atoms with Crippen LogP contribution in [-0.4, -0.2) is 36.1 Å². The minimum atomic E-state index is -0.418. The van der Waals surface area contributed by atoms with Gasteiger partial charge in [0.1, 0.15) is 17.5 Å². The lowest BCUT2D eigenvalue weighted by Crippen LogP contribution is -2.39. The summed E-state index contributed by atoms with van der Waals surface area (Å²) in [5.41, 5.74) is 5.02. The maximum Gasteiger partial charge on any atom is 0.246 e. The summed E-state index contributed by atoms with van der Waals surface area (Å²) in [4.78, 5) is 15.7. The highest BCUT2D eigenvalue weighted by molar-refractivity contribution is 5.97. The third-order valence-corrected chi connectivity index (χ3v) is 5.82. The molecule has 0 aliphatic carbocycles. The summed E-state index contributed by atoms with van der Waals surface area (Å²) in [5.74, 6) is 0.824. The molecule has 4 rings (SSSR count). The Morgan fingerprint density at radius 3 is 2.47 bits per heavy atom. The van der Waals surface area contributed by atoms with Crippen molar-refractivity contribution in [3.05, 3.63) is 95.6 Å². The Morgan fingerprint density at radius 2 is 1.81 bits per heavy atom. The van der Waals surface area contributed by atoms with Crippen LogP contribution in [0.1, 0.15) is 29.2 Å². The predicted octanol–water partition coefficient (Wildman–Crippen LogP) is 5.18. The largest absolute Gasteiger partial charge is 0.508 e. The summed E-state index contributed by atoms with van der Waals surface area (Å²) < 4.78 is 5.45. The molecular formula is C27H28N2O3. The number of carbonyl (C=O) groups is 1. The lowest BCUT2D eigenvalue weighted by Gasteiger charge is -2.33. The van der Waals surface area contributed by atoms with Crippen LogP contribution in [0.3, 0.4) is 0 Å². The molecule has 1 aliphatic rings. The fourth-order valence-corrected chi connectivity index (χ4v) is 4.14. The number of aryl methyl sites for hydroxylation is 1. The number of phenolic OH excluding ortho intramolecular Hbond substituents is 1. The Balaban J connectivity index is 1.59. The Bertz CT molecular complexity index is 1110. The molecule has 0 spiro atoms. The highest BCUT2D eigenvalue weighted by atomic mass is 16.5. The number of nitrogens with one attached hydrogen (secondary N) is 1. The lowest BCUT2D eigenvalue weighted by atomic mass is 9.96. The van der Waals surface area contributed by atoms with Crippen LogP contribution >= 0.6 is 0 Å². The Kier molecular flexibility index (Phi) is 6.57. The minimum Gasteiger partial charge on any atom is -0.508 e. The van der Waals surface area contributed by atoms with Gasteiger partial charge in [-0.3, -0.25) is 9.69 Å². The Hall–Kier alpha value is -3.57. The number of anilines is 1. The van der Waals surface area contributed by atoms with Crippen LogP contribution in [0.15, 0.2) is 78.9 Å². The predicted molar refractivity (Wildman–Crippen MR) is 128 cm³/mol. The van der Waals surface area contributed by atoms with Crippen molar-refractivity contribution in [1.82, 2.24) is 4.90 Å². The van der Waals surface area contributed by atoms with Crippen molar-refractivity contribution in [2.75, 3.05) is 25.5 Å². The van der Waals surface area contributed by atoms with Crippen molar-refractivity contribution in [3.8, 4) is 11.5 Å². The number of nitrogens with zero attached hydrogens (tertiary/aromatic N) is 1. The summed E-state index contributed by atoms with van der Waals surface area (Å²) >= 11 is 0. The number of hydrogen-bond acceptors (Lipinski definition) is 4. The van der Waals surface area contributed by atoms with Crippen LogP contribution in [0.4, 0.5) is 5.69 Å². The zero-order valence-electron chi connectivity index (χ0n) is 18.4. The summed E-state index contributed by atoms with van der Waals surface area (Å²) in [6, 6.07) is 22.5. The third-order valence-electron chi connectivity index (χ3n) is 5.82. The van der Waals surface area contributed by atoms with Crippen LogP contribution < -0.4 is 10.1 Å². The highest BCUT2D eigenvalue weighted by Crippen LogP contribution is 2.32. The molecule has 1 atom stereocenters. The summed E-state index contributed by atoms with van der Waals surface area (Å²) in [7, 11) is 1.61. The first kappa shape index (κ1) is 21.7. The fraction of sp³-hybridized carbons (Fsp3) is 0.222. The number of hydrogen-bond donors (Lipinski definition) is 2. The van der Waals surface area contributed by atoms with Gasteiger partial charge in [0.05, 0.1) is 12.8 Å². The molecule has 0 radical (unpaired) electrons. The van der Waals surface area contributed by atoms with E-state index >= 15 is 0 Å². The maximum absolute atomic E-state index is 13.5. The minimum absolute atomic E-state index is 0.0819. The number of methoxy groups -OCH3 is 1. The highest BCUT2D eigenvalue weighted by Gasteiger charge is 2.29. The second kappa shape index (κ2) is 9.71. The van der Waals surface area contributed by atoms with E-state index in [1.54, 1.807) is 19.2 Å². The Labute approximate surface area is 189 Å². The van der Waals surface area contributed by atoms with Crippen LogP contribution in [0, 0.1) is 6.92 Å². The van der Waals surface area contributed by atoms with Gasteiger partial charge in [-0.25, -0.2) is 0 Å². The van der Waals surface area contributed by atoms with Crippen molar-refractivity contribution in [1.29, 1.82) is 0 Å². The zero-order chi connectivity index (χ0) is 22.5. The van der Waals surface area contributed by atoms with E-state index in [1.807, 2.05) is 67.6 Å². The SMILES string of the molecule is COc1ccc(C)cc1NC(=O)C(c1ccccc1)N1CC=C(c2ccc(O)cc2)CC1. The maximum atomic E-state index is 13.5. The van der Waals surface area contributed by atoms with E-state index in [0.717, 1.165) is 29.7 Å². The van der Waals surface area contributed by atoms with E-state index in [9.17, 15) is 9.90 Å². The standard InChI is InChI=1S/C27H28N2O3/c1-19-8-13-25(32-2)24(18-19)28-27(31)26(22-6-4-3-5-7-22)29-16-14-21(15-17-29)20-9-11-23(30)12-10-20/h3-14,18,26,30H,15-17H2,1-2H3,(H,28,31). The van der Waals surface area contributed by atoms with Gasteiger partial charge in [0.2, 0.25) is 5.91 Å². The number of amides is 1. The van der Waals surface area contributed by atoms with E-state index in [2.05, 4.69) is 16.3 Å². The van der Waals surface area contributed by atoms with Gasteiger partial charge in [-0.2, -0.15) is 0 Å². The molecule has 164 valence electrons. The number of benzene rings is 3. The molecular weight excluding hydrogens is 400 g/mol. The molecule has 5 heteroatoms. The van der Waals surface area contributed by atoms with Crippen molar-refractivity contribution in [2.45, 2.75) is 19.4 Å². The molecule has 5 nitrogen and oxygen atoms in total. The van der Waals surface area contributed by atoms with Crippen molar-refractivity contribution in [3.63, 3.8) is 0 Å². The van der Waals surface area contributed by atoms with Gasteiger partial charge in [0.25, 0.3) is 0 Å². The van der Waals surface area contributed by atoms with Crippen LogP contribution in [0.25, 0.3) is 5.57 Å². The summed E-state index contributed by atoms with van der Waals surface area (Å²) in [6.45, 7) is 3.41. The number of ether oxygens (including phenoxy) is 1. The van der Waals surface area contributed by atoms with Gasteiger partial charge >= 0.3 is 0 Å². The normalized spacial score (nSPS) is 15.0. The van der Waals surface area contributed by atoms with E-state index < -0.39 is 6.04 Å². The van der Waals surface area contributed by atoms with Crippen LogP contribution in [0.5, 0.6) is 11.5 Å². The first-order valence-electron chi connectivity index (χ1n) is 10.8. The number of rotatable bonds is 6. The van der Waals surface area contributed by atoms with Gasteiger partial charge in [0, 0.05) is 13.1 Å².